The number of ether oxygens (including phenoxy) is 4. The predicted octanol–water partition coefficient (Wildman–Crippen LogP) is 4.71. The number of fused-ring (bicyclic) bond motifs is 1. The van der Waals surface area contributed by atoms with E-state index in [0.717, 1.165) is 22.1 Å². The van der Waals surface area contributed by atoms with E-state index in [9.17, 15) is 10.1 Å². The van der Waals surface area contributed by atoms with Crippen LogP contribution in [0.3, 0.4) is 0 Å². The molecule has 146 valence electrons. The molecule has 4 rings (SSSR count). The van der Waals surface area contributed by atoms with E-state index in [4.69, 9.17) is 18.9 Å². The van der Waals surface area contributed by atoms with Crippen molar-refractivity contribution in [2.75, 3.05) is 13.7 Å². The number of epoxide rings is 1. The monoisotopic (exact) mass is 389 g/mol. The molecule has 0 spiro atoms. The Hall–Kier alpha value is -3.56. The highest BCUT2D eigenvalue weighted by Crippen LogP contribution is 2.38. The third-order valence-electron chi connectivity index (χ3n) is 4.78. The fourth-order valence-electron chi connectivity index (χ4n) is 3.19. The molecule has 1 aliphatic heterocycles. The van der Waals surface area contributed by atoms with Crippen molar-refractivity contribution < 1.29 is 23.7 Å². The van der Waals surface area contributed by atoms with Gasteiger partial charge in [0.2, 0.25) is 6.10 Å². The quantitative estimate of drug-likeness (QED) is 0.449. The molecule has 0 bridgehead atoms. The summed E-state index contributed by atoms with van der Waals surface area (Å²) < 4.78 is 21.1. The maximum atomic E-state index is 12.0. The predicted molar refractivity (Wildman–Crippen MR) is 105 cm³/mol. The van der Waals surface area contributed by atoms with Gasteiger partial charge in [0.25, 0.3) is 0 Å². The zero-order valence-electron chi connectivity index (χ0n) is 15.8. The van der Waals surface area contributed by atoms with Crippen molar-refractivity contribution >= 4 is 16.9 Å². The molecule has 3 aromatic carbocycles. The van der Waals surface area contributed by atoms with Gasteiger partial charge in [-0.15, -0.1) is 0 Å². The Bertz CT molecular complexity index is 1060. The van der Waals surface area contributed by atoms with Gasteiger partial charge < -0.3 is 18.9 Å². The van der Waals surface area contributed by atoms with Gasteiger partial charge in [-0.3, -0.25) is 0 Å². The Kier molecular flexibility index (Phi) is 5.32. The second-order valence-corrected chi connectivity index (χ2v) is 6.67. The average molecular weight is 389 g/mol. The van der Waals surface area contributed by atoms with E-state index in [-0.39, 0.29) is 18.8 Å². The minimum absolute atomic E-state index is 0.0757. The Morgan fingerprint density at radius 2 is 1.86 bits per heavy atom. The number of benzene rings is 3. The van der Waals surface area contributed by atoms with Crippen LogP contribution in [-0.2, 0) is 14.2 Å². The van der Waals surface area contributed by atoms with Crippen molar-refractivity contribution in [3.05, 3.63) is 77.9 Å². The van der Waals surface area contributed by atoms with Crippen molar-refractivity contribution in [2.24, 2.45) is 0 Å². The molecule has 0 N–H and O–H groups in total. The first-order valence-corrected chi connectivity index (χ1v) is 9.19. The van der Waals surface area contributed by atoms with E-state index >= 15 is 0 Å². The lowest BCUT2D eigenvalue weighted by atomic mass is 10.0. The summed E-state index contributed by atoms with van der Waals surface area (Å²) in [6.45, 7) is 0.0774. The first kappa shape index (κ1) is 18.8. The summed E-state index contributed by atoms with van der Waals surface area (Å²) in [5, 5.41) is 11.3. The summed E-state index contributed by atoms with van der Waals surface area (Å²) in [4.78, 5) is 12.0. The van der Waals surface area contributed by atoms with Crippen LogP contribution in [0, 0.1) is 11.3 Å². The Morgan fingerprint density at radius 3 is 2.62 bits per heavy atom. The molecule has 3 aromatic rings. The third kappa shape index (κ3) is 4.31. The fraction of sp³-hybridized carbons (Fsp3) is 0.217. The molecule has 0 aromatic heterocycles. The van der Waals surface area contributed by atoms with Gasteiger partial charge in [0.1, 0.15) is 30.6 Å². The van der Waals surface area contributed by atoms with Crippen LogP contribution in [0.2, 0.25) is 0 Å². The Balaban J connectivity index is 1.35. The second-order valence-electron chi connectivity index (χ2n) is 6.67. The van der Waals surface area contributed by atoms with Gasteiger partial charge in [0.15, 0.2) is 0 Å². The number of carbonyl (C=O) groups excluding carboxylic acids is 1. The van der Waals surface area contributed by atoms with E-state index in [1.165, 1.54) is 0 Å². The molecule has 0 saturated carbocycles. The SMILES string of the molecule is COc1ccc2cc([C@H](C#N)OC(=O)OC[C@@H]3O[C@@H]3c3ccccc3)ccc2c1. The number of nitrogens with zero attached hydrogens (tertiary/aromatic N) is 1. The van der Waals surface area contributed by atoms with Crippen LogP contribution >= 0.6 is 0 Å². The molecule has 0 unspecified atom stereocenters. The highest BCUT2D eigenvalue weighted by Gasteiger charge is 2.41. The molecule has 1 fully saturated rings. The normalized spacial score (nSPS) is 18.5. The molecular weight excluding hydrogens is 370 g/mol. The minimum Gasteiger partial charge on any atom is -0.497 e. The van der Waals surface area contributed by atoms with E-state index in [2.05, 4.69) is 0 Å². The van der Waals surface area contributed by atoms with Crippen LogP contribution in [0.4, 0.5) is 4.79 Å². The van der Waals surface area contributed by atoms with Gasteiger partial charge in [-0.2, -0.15) is 5.26 Å². The van der Waals surface area contributed by atoms with Crippen molar-refractivity contribution in [3.63, 3.8) is 0 Å². The molecule has 1 saturated heterocycles. The summed E-state index contributed by atoms with van der Waals surface area (Å²) in [6.07, 6.45) is -2.22. The van der Waals surface area contributed by atoms with Crippen LogP contribution < -0.4 is 4.74 Å². The van der Waals surface area contributed by atoms with Gasteiger partial charge in [0, 0.05) is 5.56 Å². The lowest BCUT2D eigenvalue weighted by molar-refractivity contribution is 0.0347. The van der Waals surface area contributed by atoms with Gasteiger partial charge in [-0.05, 0) is 34.5 Å². The molecule has 0 amide bonds. The van der Waals surface area contributed by atoms with Gasteiger partial charge in [-0.1, -0.05) is 48.5 Å². The van der Waals surface area contributed by atoms with Crippen molar-refractivity contribution in [3.8, 4) is 11.8 Å². The van der Waals surface area contributed by atoms with Crippen molar-refractivity contribution in [1.82, 2.24) is 0 Å². The third-order valence-corrected chi connectivity index (χ3v) is 4.78. The van der Waals surface area contributed by atoms with E-state index < -0.39 is 12.3 Å². The summed E-state index contributed by atoms with van der Waals surface area (Å²) >= 11 is 0. The molecule has 1 aliphatic rings. The summed E-state index contributed by atoms with van der Waals surface area (Å²) in [5.41, 5.74) is 1.61. The maximum Gasteiger partial charge on any atom is 0.510 e. The molecule has 1 heterocycles. The Labute approximate surface area is 168 Å². The topological polar surface area (TPSA) is 81.1 Å². The highest BCUT2D eigenvalue weighted by atomic mass is 16.7. The summed E-state index contributed by atoms with van der Waals surface area (Å²) in [7, 11) is 1.61. The average Bonchev–Trinajstić information content (AvgIpc) is 3.55. The molecular formula is C23H19NO5. The first-order chi connectivity index (χ1) is 14.2. The molecule has 6 nitrogen and oxygen atoms in total. The summed E-state index contributed by atoms with van der Waals surface area (Å²) in [6, 6.07) is 22.7. The number of carbonyl (C=O) groups is 1. The Morgan fingerprint density at radius 1 is 1.10 bits per heavy atom. The largest absolute Gasteiger partial charge is 0.510 e. The van der Waals surface area contributed by atoms with Crippen LogP contribution in [0.25, 0.3) is 10.8 Å². The smallest absolute Gasteiger partial charge is 0.497 e. The number of rotatable bonds is 6. The summed E-state index contributed by atoms with van der Waals surface area (Å²) in [5.74, 6) is 0.748. The van der Waals surface area contributed by atoms with Crippen molar-refractivity contribution in [1.29, 1.82) is 5.26 Å². The molecule has 6 heteroatoms. The van der Waals surface area contributed by atoms with E-state index in [1.807, 2.05) is 66.7 Å². The van der Waals surface area contributed by atoms with Gasteiger partial charge >= 0.3 is 6.16 Å². The minimum atomic E-state index is -1.06. The van der Waals surface area contributed by atoms with E-state index in [1.54, 1.807) is 13.2 Å². The first-order valence-electron chi connectivity index (χ1n) is 9.19. The van der Waals surface area contributed by atoms with Crippen molar-refractivity contribution in [2.45, 2.75) is 18.3 Å². The molecule has 0 radical (unpaired) electrons. The number of hydrogen-bond acceptors (Lipinski definition) is 6. The second kappa shape index (κ2) is 8.21. The fourth-order valence-corrected chi connectivity index (χ4v) is 3.19. The van der Waals surface area contributed by atoms with Gasteiger partial charge in [0.05, 0.1) is 7.11 Å². The number of hydrogen-bond donors (Lipinski definition) is 0. The molecule has 3 atom stereocenters. The van der Waals surface area contributed by atoms with Crippen LogP contribution in [-0.4, -0.2) is 26.0 Å². The van der Waals surface area contributed by atoms with Gasteiger partial charge in [-0.25, -0.2) is 4.79 Å². The van der Waals surface area contributed by atoms with E-state index in [0.29, 0.717) is 5.56 Å². The lowest BCUT2D eigenvalue weighted by Gasteiger charge is -2.12. The maximum absolute atomic E-state index is 12.0. The zero-order valence-corrected chi connectivity index (χ0v) is 15.8. The zero-order chi connectivity index (χ0) is 20.2. The molecule has 29 heavy (non-hydrogen) atoms. The standard InChI is InChI=1S/C23H19NO5/c1-26-19-10-9-16-11-18(8-7-17(16)12-19)20(13-24)29-23(25)27-14-21-22(28-21)15-5-3-2-4-6-15/h2-12,20-22H,14H2,1H3/t20-,21-,22+/m0/s1. The number of methoxy groups -OCH3 is 1. The lowest BCUT2D eigenvalue weighted by Crippen LogP contribution is -2.15. The number of nitriles is 1. The van der Waals surface area contributed by atoms with Crippen LogP contribution in [0.15, 0.2) is 66.7 Å². The highest BCUT2D eigenvalue weighted by molar-refractivity contribution is 5.84. The van der Waals surface area contributed by atoms with Crippen LogP contribution in [0.1, 0.15) is 23.3 Å². The molecule has 0 aliphatic carbocycles. The van der Waals surface area contributed by atoms with Crippen LogP contribution in [0.5, 0.6) is 5.75 Å².